The van der Waals surface area contributed by atoms with Crippen molar-refractivity contribution >= 4 is 44.0 Å². The lowest BCUT2D eigenvalue weighted by Gasteiger charge is -2.24. The molecule has 6 nitrogen and oxygen atoms in total. The fourth-order valence-corrected chi connectivity index (χ4v) is 3.27. The molecule has 1 atom stereocenters. The molecule has 0 bridgehead atoms. The van der Waals surface area contributed by atoms with Crippen molar-refractivity contribution in [3.63, 3.8) is 0 Å². The Balaban J connectivity index is 1.62. The SMILES string of the molecule is O=C(N/N=C\c1cc(Br)c(O)c(Br)c1)[C@H]1COc2ccccc2O1. The number of benzene rings is 2. The number of hydrogen-bond donors (Lipinski definition) is 2. The second-order valence-electron chi connectivity index (χ2n) is 4.93. The number of carbonyl (C=O) groups excluding carboxylic acids is 1. The number of ether oxygens (including phenoxy) is 2. The topological polar surface area (TPSA) is 80.2 Å². The van der Waals surface area contributed by atoms with Crippen LogP contribution in [0, 0.1) is 0 Å². The van der Waals surface area contributed by atoms with E-state index in [9.17, 15) is 9.90 Å². The van der Waals surface area contributed by atoms with Crippen LogP contribution in [0.25, 0.3) is 0 Å². The van der Waals surface area contributed by atoms with E-state index in [0.717, 1.165) is 0 Å². The van der Waals surface area contributed by atoms with Crippen molar-refractivity contribution in [3.8, 4) is 17.2 Å². The second kappa shape index (κ2) is 7.23. The molecule has 0 spiro atoms. The van der Waals surface area contributed by atoms with Crippen molar-refractivity contribution in [1.82, 2.24) is 5.43 Å². The van der Waals surface area contributed by atoms with Crippen LogP contribution in [0.2, 0.25) is 0 Å². The summed E-state index contributed by atoms with van der Waals surface area (Å²) >= 11 is 6.46. The van der Waals surface area contributed by atoms with Crippen LogP contribution in [0.5, 0.6) is 17.2 Å². The first-order valence-electron chi connectivity index (χ1n) is 6.94. The first-order valence-corrected chi connectivity index (χ1v) is 8.52. The van der Waals surface area contributed by atoms with Crippen LogP contribution in [0.1, 0.15) is 5.56 Å². The number of halogens is 2. The highest BCUT2D eigenvalue weighted by molar-refractivity contribution is 9.11. The van der Waals surface area contributed by atoms with E-state index in [1.165, 1.54) is 6.21 Å². The normalized spacial score (nSPS) is 16.2. The van der Waals surface area contributed by atoms with Gasteiger partial charge < -0.3 is 14.6 Å². The van der Waals surface area contributed by atoms with Gasteiger partial charge in [0, 0.05) is 0 Å². The van der Waals surface area contributed by atoms with Gasteiger partial charge in [0.1, 0.15) is 12.4 Å². The number of fused-ring (bicyclic) bond motifs is 1. The molecule has 1 aliphatic heterocycles. The Morgan fingerprint density at radius 2 is 1.92 bits per heavy atom. The molecular weight excluding hydrogens is 444 g/mol. The highest BCUT2D eigenvalue weighted by Gasteiger charge is 2.26. The molecule has 0 saturated heterocycles. The number of hydrazone groups is 1. The van der Waals surface area contributed by atoms with Gasteiger partial charge in [-0.25, -0.2) is 5.43 Å². The lowest BCUT2D eigenvalue weighted by molar-refractivity contribution is -0.130. The van der Waals surface area contributed by atoms with E-state index in [4.69, 9.17) is 9.47 Å². The van der Waals surface area contributed by atoms with E-state index >= 15 is 0 Å². The molecule has 0 fully saturated rings. The van der Waals surface area contributed by atoms with Gasteiger partial charge in [0.05, 0.1) is 15.2 Å². The third kappa shape index (κ3) is 3.70. The second-order valence-corrected chi connectivity index (χ2v) is 6.64. The molecule has 0 saturated carbocycles. The summed E-state index contributed by atoms with van der Waals surface area (Å²) in [5, 5.41) is 13.6. The molecule has 0 radical (unpaired) electrons. The molecule has 1 amide bonds. The molecule has 1 aliphatic rings. The summed E-state index contributed by atoms with van der Waals surface area (Å²) in [6, 6.07) is 10.5. The number of phenolic OH excluding ortho intramolecular Hbond substituents is 1. The zero-order valence-corrected chi connectivity index (χ0v) is 15.4. The van der Waals surface area contributed by atoms with E-state index in [1.54, 1.807) is 30.3 Å². The fourth-order valence-electron chi connectivity index (χ4n) is 2.05. The van der Waals surface area contributed by atoms with E-state index < -0.39 is 12.0 Å². The lowest BCUT2D eigenvalue weighted by atomic mass is 10.2. The molecule has 24 heavy (non-hydrogen) atoms. The molecular formula is C16H12Br2N2O4. The third-order valence-corrected chi connectivity index (χ3v) is 4.44. The van der Waals surface area contributed by atoms with E-state index in [-0.39, 0.29) is 12.4 Å². The summed E-state index contributed by atoms with van der Waals surface area (Å²) in [6.07, 6.45) is 0.695. The maximum atomic E-state index is 12.1. The molecule has 1 heterocycles. The predicted octanol–water partition coefficient (Wildman–Crippen LogP) is 3.21. The smallest absolute Gasteiger partial charge is 0.284 e. The average Bonchev–Trinajstić information content (AvgIpc) is 2.59. The number of para-hydroxylation sites is 2. The van der Waals surface area contributed by atoms with E-state index in [0.29, 0.717) is 26.0 Å². The minimum atomic E-state index is -0.768. The number of rotatable bonds is 3. The van der Waals surface area contributed by atoms with Gasteiger partial charge in [-0.1, -0.05) is 12.1 Å². The summed E-state index contributed by atoms with van der Waals surface area (Å²) < 4.78 is 12.1. The maximum Gasteiger partial charge on any atom is 0.284 e. The van der Waals surface area contributed by atoms with Gasteiger partial charge in [-0.15, -0.1) is 0 Å². The summed E-state index contributed by atoms with van der Waals surface area (Å²) in [6.45, 7) is 0.120. The minimum Gasteiger partial charge on any atom is -0.506 e. The highest BCUT2D eigenvalue weighted by atomic mass is 79.9. The molecule has 8 heteroatoms. The Kier molecular flexibility index (Phi) is 5.06. The van der Waals surface area contributed by atoms with Gasteiger partial charge in [-0.2, -0.15) is 5.10 Å². The van der Waals surface area contributed by atoms with Gasteiger partial charge in [0.15, 0.2) is 11.5 Å². The maximum absolute atomic E-state index is 12.1. The molecule has 0 unspecified atom stereocenters. The van der Waals surface area contributed by atoms with Crippen molar-refractivity contribution in [2.75, 3.05) is 6.61 Å². The quantitative estimate of drug-likeness (QED) is 0.550. The number of carbonyl (C=O) groups is 1. The molecule has 0 aliphatic carbocycles. The fraction of sp³-hybridized carbons (Fsp3) is 0.125. The third-order valence-electron chi connectivity index (χ3n) is 3.23. The van der Waals surface area contributed by atoms with Crippen LogP contribution in [0.3, 0.4) is 0 Å². The molecule has 124 valence electrons. The average molecular weight is 456 g/mol. The number of hydrogen-bond acceptors (Lipinski definition) is 5. The number of aromatic hydroxyl groups is 1. The Morgan fingerprint density at radius 1 is 1.25 bits per heavy atom. The number of nitrogens with zero attached hydrogens (tertiary/aromatic N) is 1. The van der Waals surface area contributed by atoms with Gasteiger partial charge in [-0.3, -0.25) is 4.79 Å². The molecule has 2 N–H and O–H groups in total. The van der Waals surface area contributed by atoms with Crippen LogP contribution >= 0.6 is 31.9 Å². The molecule has 0 aromatic heterocycles. The van der Waals surface area contributed by atoms with Crippen molar-refractivity contribution in [3.05, 3.63) is 50.9 Å². The van der Waals surface area contributed by atoms with Crippen molar-refractivity contribution < 1.29 is 19.4 Å². The lowest BCUT2D eigenvalue weighted by Crippen LogP contribution is -2.42. The molecule has 3 rings (SSSR count). The van der Waals surface area contributed by atoms with Crippen LogP contribution in [-0.4, -0.2) is 29.9 Å². The summed E-state index contributed by atoms with van der Waals surface area (Å²) in [5.41, 5.74) is 3.11. The van der Waals surface area contributed by atoms with Gasteiger partial charge in [-0.05, 0) is 61.7 Å². The Hall–Kier alpha value is -2.06. The van der Waals surface area contributed by atoms with Crippen LogP contribution in [-0.2, 0) is 4.79 Å². The van der Waals surface area contributed by atoms with Gasteiger partial charge in [0.25, 0.3) is 5.91 Å². The number of nitrogens with one attached hydrogen (secondary N) is 1. The van der Waals surface area contributed by atoms with Crippen LogP contribution < -0.4 is 14.9 Å². The Bertz CT molecular complexity index is 787. The first kappa shape index (κ1) is 16.8. The Morgan fingerprint density at radius 3 is 2.62 bits per heavy atom. The zero-order chi connectivity index (χ0) is 17.1. The van der Waals surface area contributed by atoms with Crippen molar-refractivity contribution in [2.24, 2.45) is 5.10 Å². The highest BCUT2D eigenvalue weighted by Crippen LogP contribution is 2.33. The summed E-state index contributed by atoms with van der Waals surface area (Å²) in [5.74, 6) is 0.836. The zero-order valence-electron chi connectivity index (χ0n) is 12.2. The number of amides is 1. The van der Waals surface area contributed by atoms with Gasteiger partial charge >= 0.3 is 0 Å². The van der Waals surface area contributed by atoms with Gasteiger partial charge in [0.2, 0.25) is 6.10 Å². The van der Waals surface area contributed by atoms with Crippen LogP contribution in [0.4, 0.5) is 0 Å². The predicted molar refractivity (Wildman–Crippen MR) is 95.6 cm³/mol. The first-order chi connectivity index (χ1) is 11.5. The van der Waals surface area contributed by atoms with E-state index in [2.05, 4.69) is 42.4 Å². The van der Waals surface area contributed by atoms with Crippen molar-refractivity contribution in [2.45, 2.75) is 6.10 Å². The summed E-state index contributed by atoms with van der Waals surface area (Å²) in [4.78, 5) is 12.1. The molecule has 2 aromatic rings. The van der Waals surface area contributed by atoms with Crippen molar-refractivity contribution in [1.29, 1.82) is 0 Å². The standard InChI is InChI=1S/C16H12Br2N2O4/c17-10-5-9(6-11(18)15(10)21)7-19-20-16(22)14-8-23-12-3-1-2-4-13(12)24-14/h1-7,14,21H,8H2,(H,20,22)/b19-7-/t14-/m1/s1. The Labute approximate surface area is 154 Å². The molecule has 2 aromatic carbocycles. The van der Waals surface area contributed by atoms with Crippen LogP contribution in [0.15, 0.2) is 50.4 Å². The minimum absolute atomic E-state index is 0.0996. The monoisotopic (exact) mass is 454 g/mol. The van der Waals surface area contributed by atoms with E-state index in [1.807, 2.05) is 6.07 Å². The largest absolute Gasteiger partial charge is 0.506 e. The summed E-state index contributed by atoms with van der Waals surface area (Å²) in [7, 11) is 0. The number of phenols is 1.